The molecule has 0 bridgehead atoms. The van der Waals surface area contributed by atoms with Crippen LogP contribution in [0.25, 0.3) is 0 Å². The van der Waals surface area contributed by atoms with Crippen molar-refractivity contribution >= 4 is 27.0 Å². The number of pyridine rings is 1. The summed E-state index contributed by atoms with van der Waals surface area (Å²) in [7, 11) is -3.67. The van der Waals surface area contributed by atoms with E-state index < -0.39 is 10.0 Å². The first-order valence-electron chi connectivity index (χ1n) is 5.34. The fourth-order valence-corrected chi connectivity index (χ4v) is 3.36. The van der Waals surface area contributed by atoms with Gasteiger partial charge >= 0.3 is 0 Å². The van der Waals surface area contributed by atoms with E-state index >= 15 is 0 Å². The topological polar surface area (TPSA) is 110 Å². The lowest BCUT2D eigenvalue weighted by Crippen LogP contribution is -2.25. The standard InChI is InChI=1S/C10H13N5O2S2/c1-7-9(18-6-13-7)4-14-19(16,17)10-5-12-3-2-8(10)15-11/h2-3,5-6,14H,4,11H2,1H3,(H,12,15). The van der Waals surface area contributed by atoms with Gasteiger partial charge in [0.05, 0.1) is 16.9 Å². The molecule has 0 aromatic carbocycles. The molecular formula is C10H13N5O2S2. The quantitative estimate of drug-likeness (QED) is 0.551. The van der Waals surface area contributed by atoms with Crippen molar-refractivity contribution in [3.8, 4) is 0 Å². The number of nitrogens with zero attached hydrogens (tertiary/aromatic N) is 2. The number of anilines is 1. The average Bonchev–Trinajstić information content (AvgIpc) is 2.82. The van der Waals surface area contributed by atoms with Gasteiger partial charge in [-0.3, -0.25) is 10.8 Å². The molecule has 9 heteroatoms. The molecule has 102 valence electrons. The van der Waals surface area contributed by atoms with Crippen LogP contribution in [0.5, 0.6) is 0 Å². The van der Waals surface area contributed by atoms with Crippen molar-refractivity contribution in [2.24, 2.45) is 5.84 Å². The zero-order valence-corrected chi connectivity index (χ0v) is 11.8. The van der Waals surface area contributed by atoms with Crippen molar-refractivity contribution in [1.82, 2.24) is 14.7 Å². The van der Waals surface area contributed by atoms with E-state index in [4.69, 9.17) is 5.84 Å². The average molecular weight is 299 g/mol. The molecule has 0 atom stereocenters. The molecule has 0 aliphatic heterocycles. The van der Waals surface area contributed by atoms with Gasteiger partial charge in [0.2, 0.25) is 10.0 Å². The zero-order chi connectivity index (χ0) is 13.9. The van der Waals surface area contributed by atoms with Gasteiger partial charge in [-0.05, 0) is 13.0 Å². The van der Waals surface area contributed by atoms with Gasteiger partial charge in [-0.2, -0.15) is 0 Å². The normalized spacial score (nSPS) is 11.5. The van der Waals surface area contributed by atoms with Crippen LogP contribution in [0.1, 0.15) is 10.6 Å². The lowest BCUT2D eigenvalue weighted by atomic mass is 10.4. The second-order valence-electron chi connectivity index (χ2n) is 3.70. The van der Waals surface area contributed by atoms with Gasteiger partial charge in [-0.1, -0.05) is 0 Å². The van der Waals surface area contributed by atoms with Crippen LogP contribution in [0.4, 0.5) is 5.69 Å². The third kappa shape index (κ3) is 3.07. The second-order valence-corrected chi connectivity index (χ2v) is 6.38. The van der Waals surface area contributed by atoms with Crippen LogP contribution in [-0.2, 0) is 16.6 Å². The largest absolute Gasteiger partial charge is 0.323 e. The predicted octanol–water partition coefficient (Wildman–Crippen LogP) is 0.611. The van der Waals surface area contributed by atoms with Gasteiger partial charge in [0.25, 0.3) is 0 Å². The number of aryl methyl sites for hydroxylation is 1. The Labute approximate surface area is 114 Å². The Bertz CT molecular complexity index is 668. The van der Waals surface area contributed by atoms with E-state index in [0.29, 0.717) is 5.69 Å². The molecule has 19 heavy (non-hydrogen) atoms. The molecule has 0 saturated carbocycles. The van der Waals surface area contributed by atoms with E-state index in [1.807, 2.05) is 6.92 Å². The molecule has 0 amide bonds. The lowest BCUT2D eigenvalue weighted by Gasteiger charge is -2.09. The number of nitrogens with one attached hydrogen (secondary N) is 2. The highest BCUT2D eigenvalue weighted by atomic mass is 32.2. The number of hydrogen-bond acceptors (Lipinski definition) is 7. The van der Waals surface area contributed by atoms with Gasteiger partial charge < -0.3 is 5.43 Å². The number of nitrogens with two attached hydrogens (primary N) is 1. The van der Waals surface area contributed by atoms with Crippen LogP contribution in [0, 0.1) is 6.92 Å². The lowest BCUT2D eigenvalue weighted by molar-refractivity contribution is 0.581. The monoisotopic (exact) mass is 299 g/mol. The number of rotatable bonds is 5. The van der Waals surface area contributed by atoms with Crippen LogP contribution < -0.4 is 16.0 Å². The molecule has 2 heterocycles. The first kappa shape index (κ1) is 13.9. The van der Waals surface area contributed by atoms with Gasteiger partial charge in [0, 0.05) is 23.8 Å². The van der Waals surface area contributed by atoms with Crippen LogP contribution in [-0.4, -0.2) is 18.4 Å². The van der Waals surface area contributed by atoms with Crippen molar-refractivity contribution in [1.29, 1.82) is 0 Å². The highest BCUT2D eigenvalue weighted by molar-refractivity contribution is 7.89. The number of hydrogen-bond donors (Lipinski definition) is 3. The van der Waals surface area contributed by atoms with Gasteiger partial charge in [-0.15, -0.1) is 11.3 Å². The Morgan fingerprint density at radius 3 is 2.89 bits per heavy atom. The summed E-state index contributed by atoms with van der Waals surface area (Å²) in [6.07, 6.45) is 2.71. The fourth-order valence-electron chi connectivity index (χ4n) is 1.45. The molecule has 2 aromatic heterocycles. The zero-order valence-electron chi connectivity index (χ0n) is 10.1. The second kappa shape index (κ2) is 5.61. The summed E-state index contributed by atoms with van der Waals surface area (Å²) in [5.41, 5.74) is 5.12. The van der Waals surface area contributed by atoms with Crippen LogP contribution in [0.2, 0.25) is 0 Å². The van der Waals surface area contributed by atoms with Crippen molar-refractivity contribution in [2.75, 3.05) is 5.43 Å². The molecule has 0 fully saturated rings. The molecule has 4 N–H and O–H groups in total. The van der Waals surface area contributed by atoms with Crippen LogP contribution in [0.3, 0.4) is 0 Å². The summed E-state index contributed by atoms with van der Waals surface area (Å²) < 4.78 is 26.8. The molecular weight excluding hydrogens is 286 g/mol. The molecule has 0 saturated heterocycles. The van der Waals surface area contributed by atoms with Crippen molar-refractivity contribution in [3.05, 3.63) is 34.5 Å². The van der Waals surface area contributed by atoms with Crippen molar-refractivity contribution in [2.45, 2.75) is 18.4 Å². The maximum atomic E-state index is 12.2. The number of nitrogen functional groups attached to an aromatic ring is 1. The Hall–Kier alpha value is -1.55. The minimum atomic E-state index is -3.67. The van der Waals surface area contributed by atoms with E-state index in [2.05, 4.69) is 20.1 Å². The third-order valence-corrected chi connectivity index (χ3v) is 4.86. The number of aromatic nitrogens is 2. The Kier molecular flexibility index (Phi) is 4.10. The summed E-state index contributed by atoms with van der Waals surface area (Å²) in [5, 5.41) is 0. The van der Waals surface area contributed by atoms with Crippen LogP contribution in [0.15, 0.2) is 28.9 Å². The van der Waals surface area contributed by atoms with E-state index in [-0.39, 0.29) is 11.4 Å². The first-order valence-corrected chi connectivity index (χ1v) is 7.70. The Balaban J connectivity index is 2.21. The van der Waals surface area contributed by atoms with Crippen molar-refractivity contribution in [3.63, 3.8) is 0 Å². The van der Waals surface area contributed by atoms with Crippen molar-refractivity contribution < 1.29 is 8.42 Å². The highest BCUT2D eigenvalue weighted by Crippen LogP contribution is 2.19. The van der Waals surface area contributed by atoms with Gasteiger partial charge in [-0.25, -0.2) is 18.1 Å². The van der Waals surface area contributed by atoms with E-state index in [1.165, 1.54) is 29.8 Å². The molecule has 2 rings (SSSR count). The summed E-state index contributed by atoms with van der Waals surface area (Å²) in [4.78, 5) is 8.74. The molecule has 0 unspecified atom stereocenters. The van der Waals surface area contributed by atoms with E-state index in [0.717, 1.165) is 10.6 Å². The molecule has 0 aliphatic rings. The molecule has 0 radical (unpaired) electrons. The van der Waals surface area contributed by atoms with Gasteiger partial charge in [0.1, 0.15) is 4.90 Å². The fraction of sp³-hybridized carbons (Fsp3) is 0.200. The molecule has 0 spiro atoms. The molecule has 0 aliphatic carbocycles. The van der Waals surface area contributed by atoms with E-state index in [1.54, 1.807) is 5.51 Å². The SMILES string of the molecule is Cc1ncsc1CNS(=O)(=O)c1cnccc1NN. The summed E-state index contributed by atoms with van der Waals surface area (Å²) in [6, 6.07) is 1.49. The minimum Gasteiger partial charge on any atom is -0.323 e. The maximum absolute atomic E-state index is 12.2. The Morgan fingerprint density at radius 1 is 1.47 bits per heavy atom. The van der Waals surface area contributed by atoms with Gasteiger partial charge in [0.15, 0.2) is 0 Å². The van der Waals surface area contributed by atoms with E-state index in [9.17, 15) is 8.42 Å². The first-order chi connectivity index (χ1) is 9.04. The number of thiazole rings is 1. The third-order valence-electron chi connectivity index (χ3n) is 2.50. The smallest absolute Gasteiger partial charge is 0.244 e. The summed E-state index contributed by atoms with van der Waals surface area (Å²) in [5.74, 6) is 5.28. The highest BCUT2D eigenvalue weighted by Gasteiger charge is 2.18. The number of sulfonamides is 1. The number of hydrazine groups is 1. The summed E-state index contributed by atoms with van der Waals surface area (Å²) in [6.45, 7) is 2.02. The predicted molar refractivity (Wildman–Crippen MR) is 72.9 cm³/mol. The summed E-state index contributed by atoms with van der Waals surface area (Å²) >= 11 is 1.40. The Morgan fingerprint density at radius 2 is 2.26 bits per heavy atom. The maximum Gasteiger partial charge on any atom is 0.244 e. The minimum absolute atomic E-state index is 0.0136. The van der Waals surface area contributed by atoms with Crippen LogP contribution >= 0.6 is 11.3 Å². The molecule has 7 nitrogen and oxygen atoms in total. The molecule has 2 aromatic rings.